The van der Waals surface area contributed by atoms with Crippen molar-refractivity contribution in [2.45, 2.75) is 20.3 Å². The van der Waals surface area contributed by atoms with Gasteiger partial charge in [-0.3, -0.25) is 4.79 Å². The zero-order valence-corrected chi connectivity index (χ0v) is 14.1. The highest BCUT2D eigenvalue weighted by atomic mass is 35.5. The van der Waals surface area contributed by atoms with Crippen LogP contribution in [0.1, 0.15) is 19.4 Å². The van der Waals surface area contributed by atoms with Crippen molar-refractivity contribution >= 4 is 24.5 Å². The highest BCUT2D eigenvalue weighted by Crippen LogP contribution is 2.29. The van der Waals surface area contributed by atoms with Gasteiger partial charge in [0.2, 0.25) is 0 Å². The quantitative estimate of drug-likeness (QED) is 0.617. The first-order valence-corrected chi connectivity index (χ1v) is 6.86. The molecule has 0 radical (unpaired) electrons. The standard InChI is InChI=1S/C15H22N2O4.ClH/c1-10(2)14(18)20-13-9-11(7-8-16-3)5-6-12(13)21-15(19)17-4;/h5-6,9-10,16H,7-8H2,1-4H3,(H,17,19);1H. The van der Waals surface area contributed by atoms with Gasteiger partial charge in [-0.05, 0) is 37.7 Å². The predicted octanol–water partition coefficient (Wildman–Crippen LogP) is 2.15. The van der Waals surface area contributed by atoms with E-state index >= 15 is 0 Å². The van der Waals surface area contributed by atoms with Gasteiger partial charge in [0.25, 0.3) is 0 Å². The van der Waals surface area contributed by atoms with Crippen LogP contribution in [0.3, 0.4) is 0 Å². The molecule has 0 aliphatic heterocycles. The van der Waals surface area contributed by atoms with Crippen LogP contribution < -0.4 is 20.1 Å². The van der Waals surface area contributed by atoms with Crippen molar-refractivity contribution in [2.24, 2.45) is 5.92 Å². The first-order chi connectivity index (χ1) is 9.97. The molecule has 0 atom stereocenters. The van der Waals surface area contributed by atoms with Crippen LogP contribution in [-0.2, 0) is 11.2 Å². The van der Waals surface area contributed by atoms with E-state index < -0.39 is 6.09 Å². The Hall–Kier alpha value is -1.79. The van der Waals surface area contributed by atoms with E-state index in [1.807, 2.05) is 13.1 Å². The van der Waals surface area contributed by atoms with Gasteiger partial charge in [-0.2, -0.15) is 0 Å². The Kier molecular flexibility index (Phi) is 9.21. The van der Waals surface area contributed by atoms with Crippen molar-refractivity contribution in [2.75, 3.05) is 20.6 Å². The minimum atomic E-state index is -0.611. The Morgan fingerprint density at radius 1 is 1.14 bits per heavy atom. The Morgan fingerprint density at radius 3 is 2.36 bits per heavy atom. The average Bonchev–Trinajstić information content (AvgIpc) is 2.46. The summed E-state index contributed by atoms with van der Waals surface area (Å²) in [5.74, 6) is -0.163. The van der Waals surface area contributed by atoms with Crippen LogP contribution in [0.2, 0.25) is 0 Å². The lowest BCUT2D eigenvalue weighted by Crippen LogP contribution is -2.23. The zero-order valence-electron chi connectivity index (χ0n) is 13.3. The van der Waals surface area contributed by atoms with Gasteiger partial charge in [0.05, 0.1) is 5.92 Å². The van der Waals surface area contributed by atoms with E-state index in [4.69, 9.17) is 9.47 Å². The summed E-state index contributed by atoms with van der Waals surface area (Å²) in [6.07, 6.45) is 0.169. The molecule has 0 bridgehead atoms. The number of amides is 1. The molecule has 22 heavy (non-hydrogen) atoms. The van der Waals surface area contributed by atoms with Gasteiger partial charge in [0, 0.05) is 7.05 Å². The molecular formula is C15H23ClN2O4. The third-order valence-corrected chi connectivity index (χ3v) is 2.76. The summed E-state index contributed by atoms with van der Waals surface area (Å²) in [5.41, 5.74) is 0.986. The number of hydrogen-bond donors (Lipinski definition) is 2. The molecule has 0 saturated carbocycles. The average molecular weight is 331 g/mol. The summed E-state index contributed by atoms with van der Waals surface area (Å²) in [5, 5.41) is 5.40. The largest absolute Gasteiger partial charge is 0.422 e. The third-order valence-electron chi connectivity index (χ3n) is 2.76. The van der Waals surface area contributed by atoms with E-state index in [1.165, 1.54) is 7.05 Å². The number of carbonyl (C=O) groups excluding carboxylic acids is 2. The molecule has 0 aliphatic rings. The van der Waals surface area contributed by atoms with Crippen molar-refractivity contribution in [3.63, 3.8) is 0 Å². The Morgan fingerprint density at radius 2 is 1.82 bits per heavy atom. The number of benzene rings is 1. The summed E-state index contributed by atoms with van der Waals surface area (Å²) in [6, 6.07) is 5.18. The molecule has 1 aromatic rings. The number of rotatable bonds is 6. The summed E-state index contributed by atoms with van der Waals surface area (Å²) in [7, 11) is 3.33. The highest BCUT2D eigenvalue weighted by molar-refractivity contribution is 5.85. The van der Waals surface area contributed by atoms with Crippen LogP contribution in [0.25, 0.3) is 0 Å². The molecule has 124 valence electrons. The first kappa shape index (κ1) is 20.2. The van der Waals surface area contributed by atoms with Gasteiger partial charge in [-0.15, -0.1) is 12.4 Å². The highest BCUT2D eigenvalue weighted by Gasteiger charge is 2.16. The molecule has 0 aromatic heterocycles. The molecule has 1 amide bonds. The van der Waals surface area contributed by atoms with E-state index in [9.17, 15) is 9.59 Å². The molecule has 0 spiro atoms. The lowest BCUT2D eigenvalue weighted by molar-refractivity contribution is -0.137. The van der Waals surface area contributed by atoms with Crippen molar-refractivity contribution < 1.29 is 19.1 Å². The fraction of sp³-hybridized carbons (Fsp3) is 0.467. The summed E-state index contributed by atoms with van der Waals surface area (Å²) < 4.78 is 10.4. The maximum Gasteiger partial charge on any atom is 0.412 e. The second-order valence-electron chi connectivity index (χ2n) is 4.85. The van der Waals surface area contributed by atoms with Gasteiger partial charge in [0.1, 0.15) is 0 Å². The lowest BCUT2D eigenvalue weighted by atomic mass is 10.1. The predicted molar refractivity (Wildman–Crippen MR) is 86.9 cm³/mol. The van der Waals surface area contributed by atoms with Gasteiger partial charge < -0.3 is 20.1 Å². The Bertz CT molecular complexity index is 506. The molecule has 1 rings (SSSR count). The van der Waals surface area contributed by atoms with Gasteiger partial charge in [-0.25, -0.2) is 4.79 Å². The number of halogens is 1. The SMILES string of the molecule is CNCCc1ccc(OC(=O)NC)c(OC(=O)C(C)C)c1.Cl. The van der Waals surface area contributed by atoms with Gasteiger partial charge in [-0.1, -0.05) is 19.9 Å². The third kappa shape index (κ3) is 6.32. The normalized spacial score (nSPS) is 9.86. The fourth-order valence-electron chi connectivity index (χ4n) is 1.52. The molecule has 6 nitrogen and oxygen atoms in total. The second-order valence-corrected chi connectivity index (χ2v) is 4.85. The van der Waals surface area contributed by atoms with Crippen LogP contribution >= 0.6 is 12.4 Å². The van der Waals surface area contributed by atoms with Crippen molar-refractivity contribution in [3.8, 4) is 11.5 Å². The summed E-state index contributed by atoms with van der Waals surface area (Å²) in [6.45, 7) is 4.28. The first-order valence-electron chi connectivity index (χ1n) is 6.86. The molecule has 0 saturated heterocycles. The van der Waals surface area contributed by atoms with Crippen LogP contribution in [-0.4, -0.2) is 32.7 Å². The monoisotopic (exact) mass is 330 g/mol. The van der Waals surface area contributed by atoms with Crippen LogP contribution in [0.15, 0.2) is 18.2 Å². The van der Waals surface area contributed by atoms with E-state index in [0.717, 1.165) is 18.5 Å². The number of hydrogen-bond acceptors (Lipinski definition) is 5. The lowest BCUT2D eigenvalue weighted by Gasteiger charge is -2.13. The van der Waals surface area contributed by atoms with Crippen molar-refractivity contribution in [1.29, 1.82) is 0 Å². The van der Waals surface area contributed by atoms with E-state index in [0.29, 0.717) is 0 Å². The maximum atomic E-state index is 11.8. The molecule has 0 heterocycles. The number of likely N-dealkylation sites (N-methyl/N-ethyl adjacent to an activating group) is 1. The number of ether oxygens (including phenoxy) is 2. The van der Waals surface area contributed by atoms with Crippen molar-refractivity contribution in [1.82, 2.24) is 10.6 Å². The second kappa shape index (κ2) is 10.0. The van der Waals surface area contributed by atoms with Gasteiger partial charge in [0.15, 0.2) is 11.5 Å². The maximum absolute atomic E-state index is 11.8. The number of nitrogens with one attached hydrogen (secondary N) is 2. The van der Waals surface area contributed by atoms with Crippen LogP contribution in [0, 0.1) is 5.92 Å². The molecule has 2 N–H and O–H groups in total. The fourth-order valence-corrected chi connectivity index (χ4v) is 1.52. The van der Waals surface area contributed by atoms with Gasteiger partial charge >= 0.3 is 12.1 Å². The zero-order chi connectivity index (χ0) is 15.8. The van der Waals surface area contributed by atoms with E-state index in [1.54, 1.807) is 26.0 Å². The summed E-state index contributed by atoms with van der Waals surface area (Å²) in [4.78, 5) is 23.1. The minimum absolute atomic E-state index is 0. The smallest absolute Gasteiger partial charge is 0.412 e. The van der Waals surface area contributed by atoms with Crippen LogP contribution in [0.5, 0.6) is 11.5 Å². The molecule has 0 aliphatic carbocycles. The van der Waals surface area contributed by atoms with Crippen LogP contribution in [0.4, 0.5) is 4.79 Å². The molecule has 0 unspecified atom stereocenters. The molecule has 0 fully saturated rings. The molecular weight excluding hydrogens is 308 g/mol. The summed E-state index contributed by atoms with van der Waals surface area (Å²) >= 11 is 0. The molecule has 7 heteroatoms. The Labute approximate surface area is 137 Å². The van der Waals surface area contributed by atoms with E-state index in [-0.39, 0.29) is 35.8 Å². The number of esters is 1. The number of carbonyl (C=O) groups is 2. The van der Waals surface area contributed by atoms with Crippen molar-refractivity contribution in [3.05, 3.63) is 23.8 Å². The minimum Gasteiger partial charge on any atom is -0.422 e. The molecule has 1 aromatic carbocycles. The van der Waals surface area contributed by atoms with E-state index in [2.05, 4.69) is 10.6 Å². The Balaban J connectivity index is 0.00000441. The topological polar surface area (TPSA) is 76.7 Å².